The lowest BCUT2D eigenvalue weighted by Gasteiger charge is -2.54. The number of halogens is 10. The standard InChI is InChI=1S/C37H53F10NO2S/c1-33-23-29(38)32-27-13-12-26(49)22-25(27)21-24(31(32)28(33)14-15-30(33)50)11-6-5-8-17-48(2)18-10-20-51-19-9-4-3-7-16-34(39,40)35(41,42)36(43,44)37(45,46)47/h12-13,22,24,28-32,49-50H,3-11,14-21,23H2,1-2H3/t24-,28+,29+,30+,31+,32+,33+/m1/s1. The van der Waals surface area contributed by atoms with Crippen LogP contribution < -0.4 is 0 Å². The van der Waals surface area contributed by atoms with E-state index in [9.17, 15) is 49.7 Å². The molecule has 3 aliphatic rings. The summed E-state index contributed by atoms with van der Waals surface area (Å²) in [7, 11) is 2.05. The number of hydrogen-bond donors (Lipinski definition) is 2. The minimum atomic E-state index is -6.82. The number of phenolic OH excluding ortho intramolecular Hbond substituents is 1. The molecule has 2 saturated carbocycles. The third-order valence-electron chi connectivity index (χ3n) is 12.0. The number of nitrogens with zero attached hydrogens (tertiary/aromatic N) is 1. The van der Waals surface area contributed by atoms with E-state index in [1.807, 2.05) is 6.07 Å². The topological polar surface area (TPSA) is 43.7 Å². The van der Waals surface area contributed by atoms with Crippen molar-refractivity contribution in [2.45, 2.75) is 139 Å². The van der Waals surface area contributed by atoms with Gasteiger partial charge in [-0.25, -0.2) is 4.39 Å². The molecule has 0 unspecified atom stereocenters. The number of aliphatic hydroxyl groups excluding tert-OH is 1. The molecule has 2 N–H and O–H groups in total. The molecule has 0 aliphatic heterocycles. The van der Waals surface area contributed by atoms with Gasteiger partial charge in [0.1, 0.15) is 11.9 Å². The molecule has 0 radical (unpaired) electrons. The number of fused-ring (bicyclic) bond motifs is 5. The minimum absolute atomic E-state index is 0.0187. The first-order chi connectivity index (χ1) is 23.7. The fourth-order valence-electron chi connectivity index (χ4n) is 9.12. The zero-order chi connectivity index (χ0) is 37.8. The average Bonchev–Trinajstić information content (AvgIpc) is 3.33. The monoisotopic (exact) mass is 765 g/mol. The third-order valence-corrected chi connectivity index (χ3v) is 13.1. The number of hydrogen-bond acceptors (Lipinski definition) is 4. The van der Waals surface area contributed by atoms with Crippen molar-refractivity contribution in [1.82, 2.24) is 4.90 Å². The van der Waals surface area contributed by atoms with Gasteiger partial charge in [-0.15, -0.1) is 0 Å². The Balaban J connectivity index is 1.09. The van der Waals surface area contributed by atoms with Crippen molar-refractivity contribution >= 4 is 11.8 Å². The highest BCUT2D eigenvalue weighted by molar-refractivity contribution is 7.99. The van der Waals surface area contributed by atoms with Gasteiger partial charge >= 0.3 is 23.9 Å². The molecule has 51 heavy (non-hydrogen) atoms. The van der Waals surface area contributed by atoms with E-state index in [2.05, 4.69) is 18.9 Å². The Hall–Kier alpha value is -1.41. The normalized spacial score (nSPS) is 28.5. The predicted molar refractivity (Wildman–Crippen MR) is 180 cm³/mol. The molecule has 0 aromatic heterocycles. The van der Waals surface area contributed by atoms with E-state index < -0.39 is 54.5 Å². The summed E-state index contributed by atoms with van der Waals surface area (Å²) < 4.78 is 133. The fourth-order valence-corrected chi connectivity index (χ4v) is 10.1. The summed E-state index contributed by atoms with van der Waals surface area (Å²) >= 11 is 1.65. The first kappa shape index (κ1) is 42.3. The van der Waals surface area contributed by atoms with Gasteiger partial charge in [0.15, 0.2) is 0 Å². The highest BCUT2D eigenvalue weighted by Crippen LogP contribution is 2.63. The summed E-state index contributed by atoms with van der Waals surface area (Å²) in [5.41, 5.74) is 1.68. The molecule has 0 saturated heterocycles. The van der Waals surface area contributed by atoms with Gasteiger partial charge in [-0.2, -0.15) is 51.3 Å². The van der Waals surface area contributed by atoms with E-state index in [1.54, 1.807) is 23.9 Å². The number of alkyl halides is 10. The van der Waals surface area contributed by atoms with E-state index in [0.29, 0.717) is 30.9 Å². The van der Waals surface area contributed by atoms with Crippen molar-refractivity contribution in [1.29, 1.82) is 0 Å². The third kappa shape index (κ3) is 9.28. The van der Waals surface area contributed by atoms with Crippen LogP contribution in [0.25, 0.3) is 0 Å². The fraction of sp³-hybridized carbons (Fsp3) is 0.838. The maximum atomic E-state index is 16.0. The molecule has 294 valence electrons. The number of aliphatic hydroxyl groups is 1. The number of benzene rings is 1. The second-order valence-corrected chi connectivity index (χ2v) is 16.7. The van der Waals surface area contributed by atoms with Gasteiger partial charge in [-0.1, -0.05) is 38.7 Å². The quantitative estimate of drug-likeness (QED) is 0.109. The molecular weight excluding hydrogens is 712 g/mol. The molecule has 7 atom stereocenters. The molecule has 1 aromatic rings. The molecule has 2 fully saturated rings. The van der Waals surface area contributed by atoms with Gasteiger partial charge in [0.05, 0.1) is 6.10 Å². The lowest BCUT2D eigenvalue weighted by molar-refractivity contribution is -0.396. The summed E-state index contributed by atoms with van der Waals surface area (Å²) in [6.45, 7) is 3.88. The van der Waals surface area contributed by atoms with E-state index in [-0.39, 0.29) is 29.9 Å². The molecule has 0 bridgehead atoms. The zero-order valence-electron chi connectivity index (χ0n) is 29.5. The molecule has 14 heteroatoms. The minimum Gasteiger partial charge on any atom is -0.508 e. The summed E-state index contributed by atoms with van der Waals surface area (Å²) in [5.74, 6) is -16.5. The lowest BCUT2D eigenvalue weighted by Crippen LogP contribution is -2.60. The smallest absolute Gasteiger partial charge is 0.460 e. The molecule has 0 heterocycles. The molecule has 1 aromatic carbocycles. The lowest BCUT2D eigenvalue weighted by atomic mass is 9.51. The molecule has 3 aliphatic carbocycles. The number of aromatic hydroxyl groups is 1. The Morgan fingerprint density at radius 3 is 2.20 bits per heavy atom. The Bertz CT molecular complexity index is 1270. The van der Waals surface area contributed by atoms with Crippen LogP contribution in [-0.2, 0) is 6.42 Å². The zero-order valence-corrected chi connectivity index (χ0v) is 30.3. The summed E-state index contributed by atoms with van der Waals surface area (Å²) in [5, 5.41) is 21.0. The molecule has 4 rings (SSSR count). The number of rotatable bonds is 19. The highest BCUT2D eigenvalue weighted by Gasteiger charge is 2.81. The van der Waals surface area contributed by atoms with Crippen molar-refractivity contribution in [3.8, 4) is 5.75 Å². The van der Waals surface area contributed by atoms with Crippen LogP contribution >= 0.6 is 11.8 Å². The maximum Gasteiger partial charge on any atom is 0.460 e. The highest BCUT2D eigenvalue weighted by atomic mass is 32.2. The molecular formula is C37H53F10NO2S. The van der Waals surface area contributed by atoms with Crippen LogP contribution in [0.2, 0.25) is 0 Å². The van der Waals surface area contributed by atoms with Gasteiger partial charge in [-0.3, -0.25) is 0 Å². The Labute approximate surface area is 299 Å². The van der Waals surface area contributed by atoms with Gasteiger partial charge in [0.2, 0.25) is 0 Å². The summed E-state index contributed by atoms with van der Waals surface area (Å²) in [4.78, 5) is 2.26. The van der Waals surface area contributed by atoms with Gasteiger partial charge < -0.3 is 15.1 Å². The van der Waals surface area contributed by atoms with Crippen LogP contribution in [0, 0.1) is 23.2 Å². The summed E-state index contributed by atoms with van der Waals surface area (Å²) in [6, 6.07) is 5.37. The van der Waals surface area contributed by atoms with Crippen LogP contribution in [0.15, 0.2) is 18.2 Å². The number of thioether (sulfide) groups is 1. The predicted octanol–water partition coefficient (Wildman–Crippen LogP) is 10.8. The van der Waals surface area contributed by atoms with E-state index in [4.69, 9.17) is 0 Å². The summed E-state index contributed by atoms with van der Waals surface area (Å²) in [6.07, 6.45) is -1.81. The van der Waals surface area contributed by atoms with Gasteiger partial charge in [0.25, 0.3) is 0 Å². The molecule has 3 nitrogen and oxygen atoms in total. The van der Waals surface area contributed by atoms with Gasteiger partial charge in [0, 0.05) is 12.3 Å². The second-order valence-electron chi connectivity index (χ2n) is 15.5. The van der Waals surface area contributed by atoms with Crippen LogP contribution in [-0.4, -0.2) is 83.0 Å². The molecule has 0 amide bonds. The van der Waals surface area contributed by atoms with Crippen molar-refractivity contribution in [3.05, 3.63) is 29.3 Å². The van der Waals surface area contributed by atoms with Gasteiger partial charge in [-0.05, 0) is 136 Å². The Morgan fingerprint density at radius 1 is 0.843 bits per heavy atom. The van der Waals surface area contributed by atoms with Crippen LogP contribution in [0.3, 0.4) is 0 Å². The van der Waals surface area contributed by atoms with Crippen LogP contribution in [0.1, 0.15) is 107 Å². The number of phenols is 1. The van der Waals surface area contributed by atoms with Crippen molar-refractivity contribution in [2.24, 2.45) is 23.2 Å². The Kier molecular flexibility index (Phi) is 14.1. The first-order valence-electron chi connectivity index (χ1n) is 18.3. The average molecular weight is 766 g/mol. The number of unbranched alkanes of at least 4 members (excludes halogenated alkanes) is 5. The van der Waals surface area contributed by atoms with E-state index in [0.717, 1.165) is 81.3 Å². The van der Waals surface area contributed by atoms with Crippen molar-refractivity contribution < 1.29 is 54.1 Å². The van der Waals surface area contributed by atoms with Crippen molar-refractivity contribution in [2.75, 3.05) is 31.6 Å². The Morgan fingerprint density at radius 2 is 1.49 bits per heavy atom. The maximum absolute atomic E-state index is 16.0. The second kappa shape index (κ2) is 16.9. The van der Waals surface area contributed by atoms with E-state index >= 15 is 4.39 Å². The molecule has 0 spiro atoms. The SMILES string of the molecule is CN(CCCCC[C@@H]1Cc2cc(O)ccc2[C@@H]2[C@@H]1[C@@H]1CC[C@H](O)[C@@]1(C)C[C@@H]2F)CCCSCCCCCCC(F)(F)C(F)(F)C(F)(F)C(F)(F)F. The van der Waals surface area contributed by atoms with Crippen molar-refractivity contribution in [3.63, 3.8) is 0 Å². The largest absolute Gasteiger partial charge is 0.508 e. The van der Waals surface area contributed by atoms with Crippen LogP contribution in [0.4, 0.5) is 43.9 Å². The first-order valence-corrected chi connectivity index (χ1v) is 19.5. The van der Waals surface area contributed by atoms with E-state index in [1.165, 1.54) is 0 Å². The van der Waals surface area contributed by atoms with Crippen LogP contribution in [0.5, 0.6) is 5.75 Å².